The molecule has 2 heteroatoms. The fourth-order valence-electron chi connectivity index (χ4n) is 10.8. The SMILES string of the molecule is CC1(C)c2cc(N(c3ccccc3)c3ccc(-c4cc(-c5ccccc5)c(-c5ccc(N(c6ccccc6)c6ccccc6)cc5)cc4-c4ccccc4)cc3)ccc2-c2c(-c3ccccc3)cccc21. The first-order valence-electron chi connectivity index (χ1n) is 24.6. The summed E-state index contributed by atoms with van der Waals surface area (Å²) in [5.41, 5.74) is 23.7. The molecule has 1 aliphatic rings. The lowest BCUT2D eigenvalue weighted by molar-refractivity contribution is 0.660. The van der Waals surface area contributed by atoms with E-state index in [-0.39, 0.29) is 5.41 Å². The lowest BCUT2D eigenvalue weighted by Gasteiger charge is -2.28. The van der Waals surface area contributed by atoms with E-state index in [1.165, 1.54) is 66.8 Å². The van der Waals surface area contributed by atoms with Gasteiger partial charge in [-0.25, -0.2) is 0 Å². The third kappa shape index (κ3) is 8.10. The zero-order valence-corrected chi connectivity index (χ0v) is 40.0. The van der Waals surface area contributed by atoms with Gasteiger partial charge in [0.15, 0.2) is 0 Å². The molecule has 0 unspecified atom stereocenters. The maximum atomic E-state index is 2.43. The number of nitrogens with zero attached hydrogens (tertiary/aromatic N) is 2. The molecule has 11 aromatic carbocycles. The molecule has 0 spiro atoms. The van der Waals surface area contributed by atoms with Crippen LogP contribution in [0.25, 0.3) is 66.8 Å². The Kier molecular flexibility index (Phi) is 11.3. The summed E-state index contributed by atoms with van der Waals surface area (Å²) in [5.74, 6) is 0. The zero-order chi connectivity index (χ0) is 47.7. The molecule has 0 N–H and O–H groups in total. The largest absolute Gasteiger partial charge is 0.311 e. The number of benzene rings is 11. The second-order valence-corrected chi connectivity index (χ2v) is 18.9. The Labute approximate surface area is 418 Å². The van der Waals surface area contributed by atoms with Crippen molar-refractivity contribution in [3.63, 3.8) is 0 Å². The van der Waals surface area contributed by atoms with Crippen molar-refractivity contribution in [3.8, 4) is 66.8 Å². The van der Waals surface area contributed by atoms with Gasteiger partial charge in [-0.3, -0.25) is 0 Å². The highest BCUT2D eigenvalue weighted by molar-refractivity contribution is 5.97. The first kappa shape index (κ1) is 43.3. The molecule has 71 heavy (non-hydrogen) atoms. The summed E-state index contributed by atoms with van der Waals surface area (Å²) in [6, 6.07) is 101. The third-order valence-corrected chi connectivity index (χ3v) is 14.3. The van der Waals surface area contributed by atoms with Gasteiger partial charge in [-0.05, 0) is 163 Å². The molecular weight excluding hydrogens is 857 g/mol. The van der Waals surface area contributed by atoms with Gasteiger partial charge in [0.25, 0.3) is 0 Å². The van der Waals surface area contributed by atoms with Crippen LogP contribution < -0.4 is 9.80 Å². The number of rotatable bonds is 11. The number of hydrogen-bond donors (Lipinski definition) is 0. The second kappa shape index (κ2) is 18.5. The molecular formula is C69H52N2. The molecule has 0 atom stereocenters. The van der Waals surface area contributed by atoms with Gasteiger partial charge in [0.1, 0.15) is 0 Å². The minimum absolute atomic E-state index is 0.180. The minimum atomic E-state index is -0.180. The summed E-state index contributed by atoms with van der Waals surface area (Å²) < 4.78 is 0. The molecule has 0 bridgehead atoms. The Balaban J connectivity index is 0.964. The van der Waals surface area contributed by atoms with E-state index in [0.717, 1.165) is 45.3 Å². The number of fused-ring (bicyclic) bond motifs is 3. The molecule has 1 aliphatic carbocycles. The highest BCUT2D eigenvalue weighted by atomic mass is 15.1. The van der Waals surface area contributed by atoms with Crippen LogP contribution in [0.15, 0.2) is 279 Å². The van der Waals surface area contributed by atoms with Crippen molar-refractivity contribution >= 4 is 34.1 Å². The van der Waals surface area contributed by atoms with Crippen molar-refractivity contribution in [2.45, 2.75) is 19.3 Å². The summed E-state index contributed by atoms with van der Waals surface area (Å²) in [6.45, 7) is 4.75. The van der Waals surface area contributed by atoms with Crippen molar-refractivity contribution in [2.75, 3.05) is 9.80 Å². The Bertz CT molecular complexity index is 3570. The van der Waals surface area contributed by atoms with E-state index < -0.39 is 0 Å². The van der Waals surface area contributed by atoms with Crippen molar-refractivity contribution in [2.24, 2.45) is 0 Å². The van der Waals surface area contributed by atoms with E-state index in [9.17, 15) is 0 Å². The molecule has 0 heterocycles. The molecule has 2 nitrogen and oxygen atoms in total. The summed E-state index contributed by atoms with van der Waals surface area (Å²) in [6.07, 6.45) is 0. The minimum Gasteiger partial charge on any atom is -0.311 e. The molecule has 0 amide bonds. The highest BCUT2D eigenvalue weighted by Crippen LogP contribution is 2.54. The lowest BCUT2D eigenvalue weighted by atomic mass is 9.81. The quantitative estimate of drug-likeness (QED) is 0.128. The molecule has 0 aromatic heterocycles. The highest BCUT2D eigenvalue weighted by Gasteiger charge is 2.37. The van der Waals surface area contributed by atoms with Crippen LogP contribution in [-0.4, -0.2) is 0 Å². The molecule has 0 saturated heterocycles. The van der Waals surface area contributed by atoms with Crippen molar-refractivity contribution in [3.05, 3.63) is 290 Å². The summed E-state index contributed by atoms with van der Waals surface area (Å²) >= 11 is 0. The van der Waals surface area contributed by atoms with E-state index in [2.05, 4.69) is 303 Å². The second-order valence-electron chi connectivity index (χ2n) is 18.9. The third-order valence-electron chi connectivity index (χ3n) is 14.3. The first-order chi connectivity index (χ1) is 35.0. The molecule has 0 radical (unpaired) electrons. The van der Waals surface area contributed by atoms with Crippen LogP contribution in [0.3, 0.4) is 0 Å². The van der Waals surface area contributed by atoms with Crippen LogP contribution in [0.4, 0.5) is 34.1 Å². The lowest BCUT2D eigenvalue weighted by Crippen LogP contribution is -2.16. The van der Waals surface area contributed by atoms with Crippen LogP contribution in [0.1, 0.15) is 25.0 Å². The van der Waals surface area contributed by atoms with Gasteiger partial charge in [0.2, 0.25) is 0 Å². The first-order valence-corrected chi connectivity index (χ1v) is 24.6. The summed E-state index contributed by atoms with van der Waals surface area (Å²) in [7, 11) is 0. The number of anilines is 6. The number of hydrogen-bond acceptors (Lipinski definition) is 2. The predicted molar refractivity (Wildman–Crippen MR) is 301 cm³/mol. The average molecular weight is 909 g/mol. The Morgan fingerprint density at radius 2 is 0.549 bits per heavy atom. The van der Waals surface area contributed by atoms with E-state index in [1.807, 2.05) is 0 Å². The standard InChI is InChI=1S/C69H52N2/c1-69(2)66-35-21-34-60(49-22-9-3-10-23-49)68(66)61-45-44-59(46-67(61)69)71(56-32-19-8-20-33-56)58-42-38-53(39-43-58)65-48-62(50-24-11-4-12-25-50)64(47-63(65)51-26-13-5-14-27-51)52-36-40-57(41-37-52)70(54-28-15-6-16-29-54)55-30-17-7-18-31-55/h3-48H,1-2H3. The smallest absolute Gasteiger partial charge is 0.0465 e. The normalized spacial score (nSPS) is 12.2. The Morgan fingerprint density at radius 3 is 0.958 bits per heavy atom. The van der Waals surface area contributed by atoms with Gasteiger partial charge in [-0.1, -0.05) is 208 Å². The summed E-state index contributed by atoms with van der Waals surface area (Å²) in [4.78, 5) is 4.72. The van der Waals surface area contributed by atoms with Crippen molar-refractivity contribution in [1.29, 1.82) is 0 Å². The van der Waals surface area contributed by atoms with Gasteiger partial charge < -0.3 is 9.80 Å². The van der Waals surface area contributed by atoms with Gasteiger partial charge in [-0.2, -0.15) is 0 Å². The monoisotopic (exact) mass is 908 g/mol. The average Bonchev–Trinajstić information content (AvgIpc) is 3.67. The van der Waals surface area contributed by atoms with Gasteiger partial charge in [0, 0.05) is 39.5 Å². The van der Waals surface area contributed by atoms with Crippen LogP contribution in [0.5, 0.6) is 0 Å². The maximum Gasteiger partial charge on any atom is 0.0465 e. The van der Waals surface area contributed by atoms with E-state index in [4.69, 9.17) is 0 Å². The van der Waals surface area contributed by atoms with Crippen LogP contribution in [0, 0.1) is 0 Å². The van der Waals surface area contributed by atoms with Crippen LogP contribution in [-0.2, 0) is 5.41 Å². The van der Waals surface area contributed by atoms with Crippen molar-refractivity contribution < 1.29 is 0 Å². The Hall–Kier alpha value is -8.98. The van der Waals surface area contributed by atoms with Gasteiger partial charge >= 0.3 is 0 Å². The van der Waals surface area contributed by atoms with Gasteiger partial charge in [-0.15, -0.1) is 0 Å². The van der Waals surface area contributed by atoms with Crippen LogP contribution in [0.2, 0.25) is 0 Å². The molecule has 0 fully saturated rings. The zero-order valence-electron chi connectivity index (χ0n) is 40.0. The fraction of sp³-hybridized carbons (Fsp3) is 0.0435. The van der Waals surface area contributed by atoms with E-state index in [1.54, 1.807) is 0 Å². The molecule has 338 valence electrons. The maximum absolute atomic E-state index is 2.43. The molecule has 12 rings (SSSR count). The van der Waals surface area contributed by atoms with E-state index >= 15 is 0 Å². The molecule has 0 aliphatic heterocycles. The molecule has 0 saturated carbocycles. The van der Waals surface area contributed by atoms with Crippen LogP contribution >= 0.6 is 0 Å². The predicted octanol–water partition coefficient (Wildman–Crippen LogP) is 19.3. The van der Waals surface area contributed by atoms with Gasteiger partial charge in [0.05, 0.1) is 0 Å². The summed E-state index contributed by atoms with van der Waals surface area (Å²) in [5, 5.41) is 0. The molecule has 11 aromatic rings. The Morgan fingerprint density at radius 1 is 0.225 bits per heavy atom. The van der Waals surface area contributed by atoms with Crippen molar-refractivity contribution in [1.82, 2.24) is 0 Å². The topological polar surface area (TPSA) is 6.48 Å². The van der Waals surface area contributed by atoms with E-state index in [0.29, 0.717) is 0 Å². The number of para-hydroxylation sites is 3. The fourth-order valence-corrected chi connectivity index (χ4v) is 10.8.